The number of hydrogen-bond acceptors (Lipinski definition) is 6. The maximum absolute atomic E-state index is 13.1. The highest BCUT2D eigenvalue weighted by Gasteiger charge is 2.13. The minimum atomic E-state index is -0.102. The topological polar surface area (TPSA) is 77.1 Å². The predicted molar refractivity (Wildman–Crippen MR) is 106 cm³/mol. The third kappa shape index (κ3) is 4.07. The standard InChI is InChI=1S/C20H19N3O3S/c1-25-17-9-8-14(12-18(17)26-2)13-23-19(24)15-6-3-4-7-16(15)22-20(23)27-11-5-10-21/h3-4,6-9,12H,5,11,13H2,1-2H3. The van der Waals surface area contributed by atoms with E-state index in [2.05, 4.69) is 11.1 Å². The van der Waals surface area contributed by atoms with Crippen LogP contribution in [-0.4, -0.2) is 29.5 Å². The van der Waals surface area contributed by atoms with E-state index in [-0.39, 0.29) is 5.56 Å². The number of thioether (sulfide) groups is 1. The molecule has 1 heterocycles. The van der Waals surface area contributed by atoms with Crippen LogP contribution in [0.4, 0.5) is 0 Å². The fourth-order valence-corrected chi connectivity index (χ4v) is 3.59. The molecule has 0 aliphatic heterocycles. The van der Waals surface area contributed by atoms with Gasteiger partial charge in [0.1, 0.15) is 0 Å². The first-order chi connectivity index (χ1) is 13.2. The average Bonchev–Trinajstić information content (AvgIpc) is 2.70. The van der Waals surface area contributed by atoms with Crippen molar-refractivity contribution in [1.82, 2.24) is 9.55 Å². The van der Waals surface area contributed by atoms with Crippen LogP contribution in [-0.2, 0) is 6.54 Å². The van der Waals surface area contributed by atoms with Gasteiger partial charge in [0.05, 0.1) is 37.7 Å². The smallest absolute Gasteiger partial charge is 0.262 e. The van der Waals surface area contributed by atoms with Crippen LogP contribution in [0.25, 0.3) is 10.9 Å². The molecular weight excluding hydrogens is 362 g/mol. The molecular formula is C20H19N3O3S. The van der Waals surface area contributed by atoms with Crippen molar-refractivity contribution in [1.29, 1.82) is 5.26 Å². The SMILES string of the molecule is COc1ccc(Cn2c(SCCC#N)nc3ccccc3c2=O)cc1OC. The number of aromatic nitrogens is 2. The third-order valence-electron chi connectivity index (χ3n) is 4.06. The van der Waals surface area contributed by atoms with Crippen molar-refractivity contribution in [2.24, 2.45) is 0 Å². The molecule has 0 aliphatic carbocycles. The van der Waals surface area contributed by atoms with Gasteiger partial charge in [-0.2, -0.15) is 5.26 Å². The summed E-state index contributed by atoms with van der Waals surface area (Å²) < 4.78 is 12.3. The molecule has 2 aromatic carbocycles. The van der Waals surface area contributed by atoms with Gasteiger partial charge in [-0.3, -0.25) is 9.36 Å². The minimum Gasteiger partial charge on any atom is -0.493 e. The second-order valence-electron chi connectivity index (χ2n) is 5.75. The molecule has 0 saturated carbocycles. The Morgan fingerprint density at radius 3 is 2.67 bits per heavy atom. The van der Waals surface area contributed by atoms with Gasteiger partial charge in [-0.25, -0.2) is 4.98 Å². The quantitative estimate of drug-likeness (QED) is 0.354. The number of para-hydroxylation sites is 1. The van der Waals surface area contributed by atoms with Gasteiger partial charge >= 0.3 is 0 Å². The molecule has 6 nitrogen and oxygen atoms in total. The number of fused-ring (bicyclic) bond motifs is 1. The molecule has 0 spiro atoms. The van der Waals surface area contributed by atoms with Gasteiger partial charge in [0, 0.05) is 12.2 Å². The van der Waals surface area contributed by atoms with Crippen LogP contribution in [0.5, 0.6) is 11.5 Å². The highest BCUT2D eigenvalue weighted by molar-refractivity contribution is 7.99. The van der Waals surface area contributed by atoms with Crippen molar-refractivity contribution in [3.05, 3.63) is 58.4 Å². The molecule has 3 aromatic rings. The van der Waals surface area contributed by atoms with Crippen LogP contribution in [0, 0.1) is 11.3 Å². The van der Waals surface area contributed by atoms with E-state index in [4.69, 9.17) is 14.7 Å². The number of ether oxygens (including phenoxy) is 2. The van der Waals surface area contributed by atoms with Gasteiger partial charge in [-0.15, -0.1) is 0 Å². The summed E-state index contributed by atoms with van der Waals surface area (Å²) in [4.78, 5) is 17.7. The maximum Gasteiger partial charge on any atom is 0.262 e. The van der Waals surface area contributed by atoms with E-state index in [1.807, 2.05) is 36.4 Å². The zero-order valence-electron chi connectivity index (χ0n) is 15.1. The van der Waals surface area contributed by atoms with Crippen molar-refractivity contribution in [3.8, 4) is 17.6 Å². The third-order valence-corrected chi connectivity index (χ3v) is 5.04. The Labute approximate surface area is 161 Å². The number of hydrogen-bond donors (Lipinski definition) is 0. The van der Waals surface area contributed by atoms with Crippen molar-refractivity contribution < 1.29 is 9.47 Å². The van der Waals surface area contributed by atoms with Crippen LogP contribution in [0.2, 0.25) is 0 Å². The molecule has 0 radical (unpaired) electrons. The van der Waals surface area contributed by atoms with E-state index in [1.54, 1.807) is 24.9 Å². The molecule has 0 aliphatic rings. The van der Waals surface area contributed by atoms with E-state index >= 15 is 0 Å². The summed E-state index contributed by atoms with van der Waals surface area (Å²) in [6, 6.07) is 15.0. The average molecular weight is 381 g/mol. The first-order valence-electron chi connectivity index (χ1n) is 8.38. The lowest BCUT2D eigenvalue weighted by atomic mass is 10.2. The Bertz CT molecular complexity index is 1060. The van der Waals surface area contributed by atoms with Crippen molar-refractivity contribution in [2.45, 2.75) is 18.1 Å². The lowest BCUT2D eigenvalue weighted by Crippen LogP contribution is -2.24. The van der Waals surface area contributed by atoms with E-state index < -0.39 is 0 Å². The number of benzene rings is 2. The summed E-state index contributed by atoms with van der Waals surface area (Å²) in [5, 5.41) is 9.98. The molecule has 0 N–H and O–H groups in total. The largest absolute Gasteiger partial charge is 0.493 e. The van der Waals surface area contributed by atoms with Gasteiger partial charge in [-0.1, -0.05) is 30.0 Å². The van der Waals surface area contributed by atoms with Gasteiger partial charge in [0.25, 0.3) is 5.56 Å². The maximum atomic E-state index is 13.1. The van der Waals surface area contributed by atoms with E-state index in [1.165, 1.54) is 11.8 Å². The summed E-state index contributed by atoms with van der Waals surface area (Å²) in [5.41, 5.74) is 1.45. The Kier molecular flexibility index (Phi) is 5.99. The second-order valence-corrected chi connectivity index (χ2v) is 6.81. The summed E-state index contributed by atoms with van der Waals surface area (Å²) in [7, 11) is 3.16. The molecule has 3 rings (SSSR count). The summed E-state index contributed by atoms with van der Waals surface area (Å²) in [6.45, 7) is 0.353. The van der Waals surface area contributed by atoms with Crippen LogP contribution in [0.1, 0.15) is 12.0 Å². The fourth-order valence-electron chi connectivity index (χ4n) is 2.75. The normalized spacial score (nSPS) is 10.6. The Hall–Kier alpha value is -2.98. The molecule has 7 heteroatoms. The fraction of sp³-hybridized carbons (Fsp3) is 0.250. The van der Waals surface area contributed by atoms with E-state index in [9.17, 15) is 4.79 Å². The predicted octanol–water partition coefficient (Wildman–Crippen LogP) is 3.47. The zero-order chi connectivity index (χ0) is 19.2. The molecule has 1 aromatic heterocycles. The van der Waals surface area contributed by atoms with Crippen LogP contribution < -0.4 is 15.0 Å². The van der Waals surface area contributed by atoms with Gasteiger partial charge in [-0.05, 0) is 29.8 Å². The Morgan fingerprint density at radius 1 is 1.15 bits per heavy atom. The van der Waals surface area contributed by atoms with E-state index in [0.717, 1.165) is 5.56 Å². The molecule has 0 amide bonds. The summed E-state index contributed by atoms with van der Waals surface area (Å²) >= 11 is 1.41. The molecule has 0 atom stereocenters. The van der Waals surface area contributed by atoms with Crippen molar-refractivity contribution >= 4 is 22.7 Å². The van der Waals surface area contributed by atoms with Gasteiger partial charge < -0.3 is 9.47 Å². The van der Waals surface area contributed by atoms with Crippen molar-refractivity contribution in [3.63, 3.8) is 0 Å². The van der Waals surface area contributed by atoms with E-state index in [0.29, 0.717) is 46.3 Å². The zero-order valence-corrected chi connectivity index (χ0v) is 16.0. The highest BCUT2D eigenvalue weighted by Crippen LogP contribution is 2.28. The van der Waals surface area contributed by atoms with Crippen LogP contribution in [0.15, 0.2) is 52.4 Å². The molecule has 0 bridgehead atoms. The van der Waals surface area contributed by atoms with Crippen LogP contribution >= 0.6 is 11.8 Å². The first kappa shape index (κ1) is 18.8. The number of nitrogens with zero attached hydrogens (tertiary/aromatic N) is 3. The summed E-state index contributed by atoms with van der Waals surface area (Å²) in [6.07, 6.45) is 0.393. The first-order valence-corrected chi connectivity index (χ1v) is 9.36. The second kappa shape index (κ2) is 8.60. The number of nitriles is 1. The minimum absolute atomic E-state index is 0.102. The van der Waals surface area contributed by atoms with Gasteiger partial charge in [0.2, 0.25) is 0 Å². The number of methoxy groups -OCH3 is 2. The molecule has 27 heavy (non-hydrogen) atoms. The lowest BCUT2D eigenvalue weighted by molar-refractivity contribution is 0.354. The molecule has 0 fully saturated rings. The molecule has 0 saturated heterocycles. The monoisotopic (exact) mass is 381 g/mol. The molecule has 0 unspecified atom stereocenters. The van der Waals surface area contributed by atoms with Gasteiger partial charge in [0.15, 0.2) is 16.7 Å². The van der Waals surface area contributed by atoms with Crippen molar-refractivity contribution in [2.75, 3.05) is 20.0 Å². The Morgan fingerprint density at radius 2 is 1.93 bits per heavy atom. The summed E-state index contributed by atoms with van der Waals surface area (Å²) in [5.74, 6) is 1.82. The van der Waals surface area contributed by atoms with Crippen LogP contribution in [0.3, 0.4) is 0 Å². The Balaban J connectivity index is 2.06. The number of rotatable bonds is 7. The lowest BCUT2D eigenvalue weighted by Gasteiger charge is -2.14. The molecule has 138 valence electrons. The highest BCUT2D eigenvalue weighted by atomic mass is 32.2.